The average molecular weight is 291 g/mol. The van der Waals surface area contributed by atoms with E-state index in [9.17, 15) is 4.39 Å². The fraction of sp³-hybridized carbons (Fsp3) is 0.438. The second-order valence-corrected chi connectivity index (χ2v) is 5.53. The molecule has 1 aromatic heterocycles. The van der Waals surface area contributed by atoms with Gasteiger partial charge in [0.15, 0.2) is 11.6 Å². The summed E-state index contributed by atoms with van der Waals surface area (Å²) in [7, 11) is 1.88. The lowest BCUT2D eigenvalue weighted by atomic mass is 10.2. The Bertz CT molecular complexity index is 581. The second-order valence-electron chi connectivity index (χ2n) is 5.53. The number of hydrogen-bond donors (Lipinski definition) is 1. The molecule has 21 heavy (non-hydrogen) atoms. The number of hydrogen-bond acceptors (Lipinski definition) is 3. The number of imidazole rings is 1. The van der Waals surface area contributed by atoms with Crippen LogP contribution in [0.2, 0.25) is 0 Å². The Hall–Kier alpha value is -1.88. The minimum absolute atomic E-state index is 0.255. The normalized spacial score (nSPS) is 11.1. The summed E-state index contributed by atoms with van der Waals surface area (Å²) in [4.78, 5) is 4.14. The van der Waals surface area contributed by atoms with Crippen LogP contribution in [0.15, 0.2) is 30.6 Å². The van der Waals surface area contributed by atoms with Crippen LogP contribution in [0, 0.1) is 11.7 Å². The zero-order valence-corrected chi connectivity index (χ0v) is 12.8. The molecular weight excluding hydrogens is 269 g/mol. The SMILES string of the molecule is CC(C)CNCc1ccc(OCc2nccn2C)c(F)c1. The number of nitrogens with zero attached hydrogens (tertiary/aromatic N) is 2. The van der Waals surface area contributed by atoms with E-state index in [1.807, 2.05) is 23.9 Å². The lowest BCUT2D eigenvalue weighted by Gasteiger charge is -2.10. The highest BCUT2D eigenvalue weighted by Gasteiger charge is 2.07. The zero-order chi connectivity index (χ0) is 15.2. The molecule has 114 valence electrons. The summed E-state index contributed by atoms with van der Waals surface area (Å²) in [5, 5.41) is 3.29. The molecule has 1 aromatic carbocycles. The third kappa shape index (κ3) is 4.56. The smallest absolute Gasteiger partial charge is 0.165 e. The average Bonchev–Trinajstić information content (AvgIpc) is 2.83. The van der Waals surface area contributed by atoms with Crippen molar-refractivity contribution >= 4 is 0 Å². The maximum atomic E-state index is 14.0. The largest absolute Gasteiger partial charge is 0.483 e. The van der Waals surface area contributed by atoms with Crippen LogP contribution >= 0.6 is 0 Å². The van der Waals surface area contributed by atoms with E-state index in [1.165, 1.54) is 6.07 Å². The van der Waals surface area contributed by atoms with E-state index in [1.54, 1.807) is 12.3 Å². The molecule has 0 fully saturated rings. The van der Waals surface area contributed by atoms with Crippen molar-refractivity contribution in [1.82, 2.24) is 14.9 Å². The van der Waals surface area contributed by atoms with E-state index in [4.69, 9.17) is 4.74 Å². The Kier molecular flexibility index (Phi) is 5.33. The molecule has 1 N–H and O–H groups in total. The number of halogens is 1. The Labute approximate surface area is 125 Å². The van der Waals surface area contributed by atoms with Gasteiger partial charge >= 0.3 is 0 Å². The second kappa shape index (κ2) is 7.22. The van der Waals surface area contributed by atoms with Crippen LogP contribution in [0.5, 0.6) is 5.75 Å². The maximum Gasteiger partial charge on any atom is 0.165 e. The minimum atomic E-state index is -0.340. The Morgan fingerprint density at radius 3 is 2.81 bits per heavy atom. The van der Waals surface area contributed by atoms with Gasteiger partial charge in [0.05, 0.1) is 0 Å². The highest BCUT2D eigenvalue weighted by atomic mass is 19.1. The van der Waals surface area contributed by atoms with Gasteiger partial charge in [0.2, 0.25) is 0 Å². The first-order valence-electron chi connectivity index (χ1n) is 7.14. The molecule has 0 atom stereocenters. The van der Waals surface area contributed by atoms with Crippen molar-refractivity contribution < 1.29 is 9.13 Å². The predicted molar refractivity (Wildman–Crippen MR) is 80.5 cm³/mol. The maximum absolute atomic E-state index is 14.0. The topological polar surface area (TPSA) is 39.1 Å². The van der Waals surface area contributed by atoms with Gasteiger partial charge in [0.25, 0.3) is 0 Å². The van der Waals surface area contributed by atoms with Crippen LogP contribution in [0.1, 0.15) is 25.2 Å². The molecule has 0 saturated carbocycles. The molecule has 0 saturated heterocycles. The van der Waals surface area contributed by atoms with Gasteiger partial charge in [-0.1, -0.05) is 19.9 Å². The molecule has 0 aliphatic carbocycles. The van der Waals surface area contributed by atoms with Gasteiger partial charge in [-0.05, 0) is 30.2 Å². The number of benzene rings is 1. The van der Waals surface area contributed by atoms with Crippen molar-refractivity contribution in [2.75, 3.05) is 6.54 Å². The summed E-state index contributed by atoms with van der Waals surface area (Å²) in [6.45, 7) is 6.11. The number of ether oxygens (including phenoxy) is 1. The van der Waals surface area contributed by atoms with Gasteiger partial charge in [-0.15, -0.1) is 0 Å². The first-order valence-corrected chi connectivity index (χ1v) is 7.14. The van der Waals surface area contributed by atoms with E-state index in [0.717, 1.165) is 17.9 Å². The van der Waals surface area contributed by atoms with Gasteiger partial charge in [-0.3, -0.25) is 0 Å². The Morgan fingerprint density at radius 1 is 1.38 bits per heavy atom. The highest BCUT2D eigenvalue weighted by molar-refractivity contribution is 5.29. The Balaban J connectivity index is 1.91. The standard InChI is InChI=1S/C16H22FN3O/c1-12(2)9-18-10-13-4-5-15(14(17)8-13)21-11-16-19-6-7-20(16)3/h4-8,12,18H,9-11H2,1-3H3. The van der Waals surface area contributed by atoms with Crippen molar-refractivity contribution in [3.8, 4) is 5.75 Å². The summed E-state index contributed by atoms with van der Waals surface area (Å²) in [6, 6.07) is 5.07. The third-order valence-electron chi connectivity index (χ3n) is 3.16. The van der Waals surface area contributed by atoms with Gasteiger partial charge in [-0.25, -0.2) is 9.37 Å². The fourth-order valence-electron chi connectivity index (χ4n) is 1.95. The van der Waals surface area contributed by atoms with E-state index in [-0.39, 0.29) is 18.2 Å². The predicted octanol–water partition coefficient (Wildman–Crippen LogP) is 2.88. The number of aromatic nitrogens is 2. The fourth-order valence-corrected chi connectivity index (χ4v) is 1.95. The molecule has 0 spiro atoms. The highest BCUT2D eigenvalue weighted by Crippen LogP contribution is 2.19. The van der Waals surface area contributed by atoms with E-state index in [0.29, 0.717) is 12.5 Å². The molecule has 2 rings (SSSR count). The van der Waals surface area contributed by atoms with Crippen molar-refractivity contribution in [2.24, 2.45) is 13.0 Å². The van der Waals surface area contributed by atoms with Crippen LogP contribution in [-0.4, -0.2) is 16.1 Å². The summed E-state index contributed by atoms with van der Waals surface area (Å²) in [6.07, 6.45) is 3.52. The van der Waals surface area contributed by atoms with Crippen LogP contribution in [0.4, 0.5) is 4.39 Å². The number of aryl methyl sites for hydroxylation is 1. The molecule has 0 unspecified atom stereocenters. The van der Waals surface area contributed by atoms with Gasteiger partial charge in [0, 0.05) is 26.0 Å². The molecule has 0 amide bonds. The van der Waals surface area contributed by atoms with Crippen molar-refractivity contribution in [2.45, 2.75) is 27.0 Å². The lowest BCUT2D eigenvalue weighted by molar-refractivity contribution is 0.277. The molecule has 2 aromatic rings. The zero-order valence-electron chi connectivity index (χ0n) is 12.8. The van der Waals surface area contributed by atoms with Crippen LogP contribution in [0.25, 0.3) is 0 Å². The molecule has 0 aliphatic rings. The Morgan fingerprint density at radius 2 is 2.19 bits per heavy atom. The van der Waals surface area contributed by atoms with Crippen LogP contribution in [0.3, 0.4) is 0 Å². The van der Waals surface area contributed by atoms with Crippen molar-refractivity contribution in [3.05, 3.63) is 47.8 Å². The minimum Gasteiger partial charge on any atom is -0.483 e. The van der Waals surface area contributed by atoms with Crippen LogP contribution < -0.4 is 10.1 Å². The molecule has 0 bridgehead atoms. The number of nitrogens with one attached hydrogen (secondary N) is 1. The third-order valence-corrected chi connectivity index (χ3v) is 3.16. The summed E-state index contributed by atoms with van der Waals surface area (Å²) < 4.78 is 21.3. The lowest BCUT2D eigenvalue weighted by Crippen LogP contribution is -2.19. The van der Waals surface area contributed by atoms with Gasteiger partial charge < -0.3 is 14.6 Å². The van der Waals surface area contributed by atoms with Crippen molar-refractivity contribution in [1.29, 1.82) is 0 Å². The van der Waals surface area contributed by atoms with Crippen LogP contribution in [-0.2, 0) is 20.2 Å². The molecule has 5 heteroatoms. The van der Waals surface area contributed by atoms with E-state index in [2.05, 4.69) is 24.1 Å². The van der Waals surface area contributed by atoms with Gasteiger partial charge in [0.1, 0.15) is 12.4 Å². The monoisotopic (exact) mass is 291 g/mol. The molecule has 0 radical (unpaired) electrons. The molecular formula is C16H22FN3O. The molecule has 0 aliphatic heterocycles. The first-order chi connectivity index (χ1) is 10.1. The molecule has 4 nitrogen and oxygen atoms in total. The summed E-state index contributed by atoms with van der Waals surface area (Å²) in [5.41, 5.74) is 0.914. The summed E-state index contributed by atoms with van der Waals surface area (Å²) >= 11 is 0. The van der Waals surface area contributed by atoms with Crippen molar-refractivity contribution in [3.63, 3.8) is 0 Å². The van der Waals surface area contributed by atoms with Gasteiger partial charge in [-0.2, -0.15) is 0 Å². The first kappa shape index (κ1) is 15.5. The quantitative estimate of drug-likeness (QED) is 0.852. The van der Waals surface area contributed by atoms with E-state index < -0.39 is 0 Å². The number of rotatable bonds is 7. The van der Waals surface area contributed by atoms with E-state index >= 15 is 0 Å². The molecule has 1 heterocycles. The summed E-state index contributed by atoms with van der Waals surface area (Å²) in [5.74, 6) is 1.26.